The van der Waals surface area contributed by atoms with Gasteiger partial charge in [0.1, 0.15) is 0 Å². The number of carbonyl (C=O) groups excluding carboxylic acids is 3. The number of Topliss-reactive ketones (excluding diaryl/α,β-unsaturated/α-hetero) is 1. The van der Waals surface area contributed by atoms with Gasteiger partial charge in [-0.25, -0.2) is 5.10 Å². The number of amides is 1. The molecule has 0 radical (unpaired) electrons. The number of carbonyl (C=O) groups is 3. The number of rotatable bonds is 8. The highest BCUT2D eigenvalue weighted by molar-refractivity contribution is 5.91. The van der Waals surface area contributed by atoms with Crippen LogP contribution >= 0.6 is 0 Å². The van der Waals surface area contributed by atoms with Gasteiger partial charge in [-0.3, -0.25) is 14.4 Å². The van der Waals surface area contributed by atoms with Crippen LogP contribution < -0.4 is 16.0 Å². The molecule has 8 heteroatoms. The van der Waals surface area contributed by atoms with Gasteiger partial charge in [0.2, 0.25) is 5.91 Å². The zero-order valence-electron chi connectivity index (χ0n) is 17.0. The molecule has 0 aliphatic heterocycles. The predicted molar refractivity (Wildman–Crippen MR) is 108 cm³/mol. The Labute approximate surface area is 174 Å². The molecule has 1 aliphatic carbocycles. The molecular weight excluding hydrogens is 386 g/mol. The lowest BCUT2D eigenvalue weighted by molar-refractivity contribution is -0.312. The Morgan fingerprint density at radius 3 is 2.50 bits per heavy atom. The quantitative estimate of drug-likeness (QED) is 0.661. The molecule has 1 amide bonds. The Morgan fingerprint density at radius 1 is 1.17 bits per heavy atom. The zero-order chi connectivity index (χ0) is 21.7. The smallest absolute Gasteiger partial charge is 0.272 e. The summed E-state index contributed by atoms with van der Waals surface area (Å²) in [5.41, 5.74) is 0.138. The van der Waals surface area contributed by atoms with Crippen molar-refractivity contribution in [1.29, 1.82) is 0 Å². The number of carboxylic acid groups (broad SMARTS) is 1. The fourth-order valence-corrected chi connectivity index (χ4v) is 4.08. The van der Waals surface area contributed by atoms with E-state index in [2.05, 4.69) is 15.5 Å². The number of aliphatic carboxylic acids is 1. The van der Waals surface area contributed by atoms with Crippen LogP contribution in [0.2, 0.25) is 0 Å². The van der Waals surface area contributed by atoms with Crippen molar-refractivity contribution in [3.8, 4) is 0 Å². The Bertz CT molecular complexity index is 992. The molecule has 0 bridgehead atoms. The molecule has 0 spiro atoms. The SMILES string of the molecule is CC(NC(=O)Cc1n[nH]c(=O)c2ccccc12)C(=O)CCC1CCC(C(=O)[O-])CC1. The summed E-state index contributed by atoms with van der Waals surface area (Å²) in [6, 6.07) is 6.31. The van der Waals surface area contributed by atoms with Crippen molar-refractivity contribution in [3.63, 3.8) is 0 Å². The molecule has 1 unspecified atom stereocenters. The summed E-state index contributed by atoms with van der Waals surface area (Å²) in [5.74, 6) is -1.40. The highest BCUT2D eigenvalue weighted by atomic mass is 16.4. The average Bonchev–Trinajstić information content (AvgIpc) is 2.74. The minimum atomic E-state index is -0.981. The van der Waals surface area contributed by atoms with Gasteiger partial charge in [-0.15, -0.1) is 0 Å². The molecule has 1 aromatic carbocycles. The summed E-state index contributed by atoms with van der Waals surface area (Å²) >= 11 is 0. The van der Waals surface area contributed by atoms with E-state index in [0.717, 1.165) is 12.8 Å². The van der Waals surface area contributed by atoms with Gasteiger partial charge in [0.15, 0.2) is 5.78 Å². The van der Waals surface area contributed by atoms with Crippen molar-refractivity contribution < 1.29 is 19.5 Å². The van der Waals surface area contributed by atoms with Crippen LogP contribution in [0.4, 0.5) is 0 Å². The number of aromatic nitrogens is 2. The number of nitrogens with one attached hydrogen (secondary N) is 2. The molecule has 1 aliphatic rings. The third kappa shape index (κ3) is 5.31. The molecule has 30 heavy (non-hydrogen) atoms. The Kier molecular flexibility index (Phi) is 6.97. The molecule has 1 fully saturated rings. The molecule has 2 aromatic rings. The minimum Gasteiger partial charge on any atom is -0.550 e. The van der Waals surface area contributed by atoms with Crippen LogP contribution in [0.1, 0.15) is 51.1 Å². The van der Waals surface area contributed by atoms with Gasteiger partial charge in [-0.2, -0.15) is 5.10 Å². The molecule has 1 heterocycles. The van der Waals surface area contributed by atoms with Crippen molar-refractivity contribution in [2.45, 2.75) is 57.9 Å². The van der Waals surface area contributed by atoms with Crippen LogP contribution in [0.5, 0.6) is 0 Å². The number of nitrogens with zero attached hydrogens (tertiary/aromatic N) is 1. The van der Waals surface area contributed by atoms with Crippen LogP contribution in [0, 0.1) is 11.8 Å². The van der Waals surface area contributed by atoms with Crippen LogP contribution in [0.3, 0.4) is 0 Å². The van der Waals surface area contributed by atoms with Crippen molar-refractivity contribution in [3.05, 3.63) is 40.3 Å². The van der Waals surface area contributed by atoms with E-state index in [4.69, 9.17) is 0 Å². The first kappa shape index (κ1) is 21.7. The van der Waals surface area contributed by atoms with E-state index in [-0.39, 0.29) is 29.6 Å². The number of aromatic amines is 1. The summed E-state index contributed by atoms with van der Waals surface area (Å²) in [6.07, 6.45) is 3.80. The maximum absolute atomic E-state index is 12.4. The standard InChI is InChI=1S/C22H27N3O5/c1-13(19(26)11-8-14-6-9-15(10-7-14)22(29)30)23-20(27)12-18-16-4-2-3-5-17(16)21(28)25-24-18/h2-5,13-15H,6-12H2,1H3,(H,23,27)(H,25,28)(H,29,30)/p-1. The average molecular weight is 412 g/mol. The first-order valence-electron chi connectivity index (χ1n) is 10.3. The topological polar surface area (TPSA) is 132 Å². The highest BCUT2D eigenvalue weighted by Crippen LogP contribution is 2.31. The molecule has 160 valence electrons. The Morgan fingerprint density at radius 2 is 1.83 bits per heavy atom. The Hall–Kier alpha value is -3.03. The third-order valence-electron chi connectivity index (χ3n) is 5.94. The maximum atomic E-state index is 12.4. The molecule has 3 rings (SSSR count). The molecule has 1 aromatic heterocycles. The van der Waals surface area contributed by atoms with Gasteiger partial charge >= 0.3 is 0 Å². The summed E-state index contributed by atoms with van der Waals surface area (Å²) in [6.45, 7) is 1.66. The van der Waals surface area contributed by atoms with Crippen LogP contribution in [0.15, 0.2) is 29.1 Å². The van der Waals surface area contributed by atoms with E-state index in [9.17, 15) is 24.3 Å². The molecule has 2 N–H and O–H groups in total. The number of fused-ring (bicyclic) bond motifs is 1. The molecule has 0 saturated heterocycles. The summed E-state index contributed by atoms with van der Waals surface area (Å²) in [7, 11) is 0. The number of ketones is 1. The van der Waals surface area contributed by atoms with Crippen molar-refractivity contribution in [2.24, 2.45) is 11.8 Å². The van der Waals surface area contributed by atoms with Gasteiger partial charge in [-0.05, 0) is 56.9 Å². The normalized spacial score (nSPS) is 19.9. The predicted octanol–water partition coefficient (Wildman–Crippen LogP) is 0.876. The molecular formula is C22H26N3O5-. The second kappa shape index (κ2) is 9.65. The summed E-state index contributed by atoms with van der Waals surface area (Å²) in [5, 5.41) is 21.1. The lowest BCUT2D eigenvalue weighted by atomic mass is 9.79. The van der Waals surface area contributed by atoms with Crippen LogP contribution in [-0.2, 0) is 20.8 Å². The zero-order valence-corrected chi connectivity index (χ0v) is 17.0. The van der Waals surface area contributed by atoms with Gasteiger partial charge < -0.3 is 15.2 Å². The van der Waals surface area contributed by atoms with Gasteiger partial charge in [0.25, 0.3) is 5.56 Å². The van der Waals surface area contributed by atoms with E-state index in [1.807, 2.05) is 0 Å². The lowest BCUT2D eigenvalue weighted by Crippen LogP contribution is -2.39. The lowest BCUT2D eigenvalue weighted by Gasteiger charge is -2.29. The van der Waals surface area contributed by atoms with Crippen molar-refractivity contribution in [1.82, 2.24) is 15.5 Å². The number of H-pyrrole nitrogens is 1. The van der Waals surface area contributed by atoms with Crippen molar-refractivity contribution in [2.75, 3.05) is 0 Å². The molecule has 1 atom stereocenters. The van der Waals surface area contributed by atoms with Crippen LogP contribution in [-0.4, -0.2) is 33.9 Å². The number of hydrogen-bond donors (Lipinski definition) is 2. The fourth-order valence-electron chi connectivity index (χ4n) is 4.08. The van der Waals surface area contributed by atoms with E-state index < -0.39 is 12.0 Å². The number of benzene rings is 1. The third-order valence-corrected chi connectivity index (χ3v) is 5.94. The number of hydrogen-bond acceptors (Lipinski definition) is 6. The monoisotopic (exact) mass is 412 g/mol. The largest absolute Gasteiger partial charge is 0.550 e. The second-order valence-electron chi connectivity index (χ2n) is 8.05. The maximum Gasteiger partial charge on any atom is 0.272 e. The molecule has 8 nitrogen and oxygen atoms in total. The highest BCUT2D eigenvalue weighted by Gasteiger charge is 2.24. The van der Waals surface area contributed by atoms with E-state index in [1.165, 1.54) is 0 Å². The van der Waals surface area contributed by atoms with Gasteiger partial charge in [-0.1, -0.05) is 18.2 Å². The van der Waals surface area contributed by atoms with Gasteiger partial charge in [0.05, 0.1) is 23.5 Å². The van der Waals surface area contributed by atoms with Crippen molar-refractivity contribution >= 4 is 28.4 Å². The van der Waals surface area contributed by atoms with Gasteiger partial charge in [0, 0.05) is 17.8 Å². The van der Waals surface area contributed by atoms with Crippen LogP contribution in [0.25, 0.3) is 10.8 Å². The van der Waals surface area contributed by atoms with E-state index in [0.29, 0.717) is 48.1 Å². The molecule has 1 saturated carbocycles. The minimum absolute atomic E-state index is 0.0395. The summed E-state index contributed by atoms with van der Waals surface area (Å²) in [4.78, 5) is 47.6. The first-order valence-corrected chi connectivity index (χ1v) is 10.3. The summed E-state index contributed by atoms with van der Waals surface area (Å²) < 4.78 is 0. The number of carboxylic acids is 1. The fraction of sp³-hybridized carbons (Fsp3) is 0.500. The van der Waals surface area contributed by atoms with E-state index >= 15 is 0 Å². The second-order valence-corrected chi connectivity index (χ2v) is 8.05. The first-order chi connectivity index (χ1) is 14.3. The van der Waals surface area contributed by atoms with E-state index in [1.54, 1.807) is 31.2 Å². The Balaban J connectivity index is 1.49.